The Kier molecular flexibility index (Phi) is 9.53. The molecule has 7 aromatic carbocycles. The van der Waals surface area contributed by atoms with E-state index in [1.807, 2.05) is 19.9 Å². The summed E-state index contributed by atoms with van der Waals surface area (Å²) in [6, 6.07) is 39.2. The first kappa shape index (κ1) is 39.4. The van der Waals surface area contributed by atoms with Crippen molar-refractivity contribution in [2.45, 2.75) is 59.3 Å². The van der Waals surface area contributed by atoms with Gasteiger partial charge in [-0.05, 0) is 172 Å². The molecule has 0 nitrogen and oxygen atoms in total. The Morgan fingerprint density at radius 2 is 1.39 bits per heavy atom. The average molecular weight is 799 g/mol. The summed E-state index contributed by atoms with van der Waals surface area (Å²) < 4.78 is 0. The van der Waals surface area contributed by atoms with Gasteiger partial charge in [0.05, 0.1) is 5.41 Å². The van der Waals surface area contributed by atoms with Gasteiger partial charge in [-0.15, -0.1) is 0 Å². The summed E-state index contributed by atoms with van der Waals surface area (Å²) in [5, 5.41) is 7.21. The van der Waals surface area contributed by atoms with Crippen LogP contribution in [0.25, 0.3) is 97.0 Å². The highest BCUT2D eigenvalue weighted by atomic mass is 14.6. The van der Waals surface area contributed by atoms with Gasteiger partial charge in [0.2, 0.25) is 0 Å². The highest BCUT2D eigenvalue weighted by molar-refractivity contribution is 6.12. The van der Waals surface area contributed by atoms with Gasteiger partial charge < -0.3 is 0 Å². The maximum absolute atomic E-state index is 4.52. The lowest BCUT2D eigenvalue weighted by Gasteiger charge is -2.38. The molecule has 0 radical (unpaired) electrons. The van der Waals surface area contributed by atoms with Crippen LogP contribution in [0.3, 0.4) is 0 Å². The van der Waals surface area contributed by atoms with Crippen LogP contribution in [0.15, 0.2) is 147 Å². The summed E-state index contributed by atoms with van der Waals surface area (Å²) in [7, 11) is 0. The standard InChI is InChI=1S/C60H48.C2H6/c1-8-38-27-31-45(48-30-22-36(6)54(35(4)5)55(38)48)41-25-23-39(24-26-41)42-29-32-50-52(34-42)43(9-2)44(10-3)56-51-33-28-40-17-11-12-18-46(40)58(51)60(59(50)56)53-21-14-13-19-47(53)49-20-15-16-37(7)57(49)60;1-2/h8-10,12-15,18-34,37H,1-3,6,11,16-17H2,4-5,7H3;1-2H3. The first-order valence-corrected chi connectivity index (χ1v) is 22.5. The molecule has 0 bridgehead atoms. The van der Waals surface area contributed by atoms with Crippen molar-refractivity contribution >= 4 is 63.6 Å². The molecule has 2 atom stereocenters. The quantitative estimate of drug-likeness (QED) is 0.163. The fraction of sp³-hybridized carbons (Fsp3) is 0.161. The van der Waals surface area contributed by atoms with Gasteiger partial charge >= 0.3 is 0 Å². The summed E-state index contributed by atoms with van der Waals surface area (Å²) >= 11 is 0. The van der Waals surface area contributed by atoms with Crippen molar-refractivity contribution in [3.63, 3.8) is 0 Å². The van der Waals surface area contributed by atoms with Crippen LogP contribution in [0.1, 0.15) is 97.5 Å². The minimum Gasteiger partial charge on any atom is -0.0984 e. The van der Waals surface area contributed by atoms with Crippen molar-refractivity contribution in [1.29, 1.82) is 0 Å². The summed E-state index contributed by atoms with van der Waals surface area (Å²) in [5.74, 6) is 0.375. The number of rotatable bonds is 5. The fourth-order valence-corrected chi connectivity index (χ4v) is 11.8. The zero-order valence-corrected chi connectivity index (χ0v) is 36.9. The van der Waals surface area contributed by atoms with Gasteiger partial charge in [0.15, 0.2) is 0 Å². The minimum atomic E-state index is -0.431. The SMILES string of the molecule is C=Cc1c2c(c3ccc(-c4ccc(-c5ccc(C=C)c6c(=C(C)C)c(=C)ccc56)cc4)cc3c1C=C)C1(C3=C(C=CCC3C)c3ccccc31)c1c-2ccc2c1C=CCC2.CC. The number of benzene rings is 7. The van der Waals surface area contributed by atoms with E-state index in [9.17, 15) is 0 Å². The summed E-state index contributed by atoms with van der Waals surface area (Å²) in [5.41, 5.74) is 23.1. The maximum Gasteiger partial charge on any atom is 0.0703 e. The molecule has 2 unspecified atom stereocenters. The van der Waals surface area contributed by atoms with Crippen molar-refractivity contribution in [3.8, 4) is 33.4 Å². The monoisotopic (exact) mass is 798 g/mol. The second-order valence-electron chi connectivity index (χ2n) is 17.4. The second-order valence-corrected chi connectivity index (χ2v) is 17.4. The molecule has 0 amide bonds. The molecule has 1 spiro atoms. The highest BCUT2D eigenvalue weighted by Crippen LogP contribution is 2.68. The lowest BCUT2D eigenvalue weighted by atomic mass is 9.63. The number of allylic oxidation sites excluding steroid dienone is 5. The normalized spacial score (nSPS) is 17.5. The molecule has 0 saturated heterocycles. The van der Waals surface area contributed by atoms with Crippen molar-refractivity contribution in [2.75, 3.05) is 0 Å². The van der Waals surface area contributed by atoms with Crippen molar-refractivity contribution in [3.05, 3.63) is 207 Å². The minimum absolute atomic E-state index is 0.375. The van der Waals surface area contributed by atoms with Crippen molar-refractivity contribution in [2.24, 2.45) is 5.92 Å². The molecule has 0 N–H and O–H groups in total. The van der Waals surface area contributed by atoms with E-state index >= 15 is 0 Å². The Hall–Kier alpha value is -6.76. The molecule has 0 heterocycles. The van der Waals surface area contributed by atoms with Gasteiger partial charge in [-0.25, -0.2) is 0 Å². The van der Waals surface area contributed by atoms with Crippen LogP contribution in [0.2, 0.25) is 0 Å². The molecule has 0 aromatic heterocycles. The lowest BCUT2D eigenvalue weighted by Crippen LogP contribution is -2.32. The molecule has 11 rings (SSSR count). The fourth-order valence-electron chi connectivity index (χ4n) is 11.8. The van der Waals surface area contributed by atoms with Gasteiger partial charge in [-0.2, -0.15) is 0 Å². The van der Waals surface area contributed by atoms with E-state index in [1.165, 1.54) is 110 Å². The molecule has 4 aliphatic carbocycles. The molecule has 7 aromatic rings. The van der Waals surface area contributed by atoms with E-state index in [0.29, 0.717) is 5.92 Å². The topological polar surface area (TPSA) is 0 Å². The first-order valence-electron chi connectivity index (χ1n) is 22.5. The van der Waals surface area contributed by atoms with Crippen molar-refractivity contribution < 1.29 is 0 Å². The van der Waals surface area contributed by atoms with Crippen LogP contribution in [-0.2, 0) is 11.8 Å². The second kappa shape index (κ2) is 15.0. The van der Waals surface area contributed by atoms with E-state index in [1.54, 1.807) is 5.57 Å². The number of hydrogen-bond donors (Lipinski definition) is 0. The largest absolute Gasteiger partial charge is 0.0984 e. The summed E-state index contributed by atoms with van der Waals surface area (Å²) in [4.78, 5) is 0. The highest BCUT2D eigenvalue weighted by Gasteiger charge is 2.56. The molecule has 0 fully saturated rings. The third-order valence-electron chi connectivity index (χ3n) is 14.1. The molecular formula is C62H54. The number of fused-ring (bicyclic) bond motifs is 14. The Morgan fingerprint density at radius 3 is 2.15 bits per heavy atom. The van der Waals surface area contributed by atoms with E-state index in [4.69, 9.17) is 0 Å². The predicted molar refractivity (Wildman–Crippen MR) is 272 cm³/mol. The van der Waals surface area contributed by atoms with Gasteiger partial charge in [0, 0.05) is 0 Å². The van der Waals surface area contributed by atoms with Crippen LogP contribution < -0.4 is 10.4 Å². The zero-order valence-electron chi connectivity index (χ0n) is 36.9. The van der Waals surface area contributed by atoms with Crippen LogP contribution in [0.5, 0.6) is 0 Å². The molecule has 62 heavy (non-hydrogen) atoms. The van der Waals surface area contributed by atoms with E-state index < -0.39 is 5.41 Å². The maximum atomic E-state index is 4.52. The average Bonchev–Trinajstić information content (AvgIpc) is 3.79. The Balaban J connectivity index is 0.00000226. The first-order chi connectivity index (χ1) is 30.3. The molecule has 0 aliphatic heterocycles. The van der Waals surface area contributed by atoms with E-state index in [0.717, 1.165) is 35.6 Å². The van der Waals surface area contributed by atoms with Gasteiger partial charge in [0.25, 0.3) is 0 Å². The number of hydrogen-bond acceptors (Lipinski definition) is 0. The molecule has 0 heteroatoms. The Bertz CT molecular complexity index is 3310. The van der Waals surface area contributed by atoms with Crippen LogP contribution >= 0.6 is 0 Å². The Labute approximate surface area is 367 Å². The molecule has 302 valence electrons. The summed E-state index contributed by atoms with van der Waals surface area (Å²) in [6.07, 6.45) is 18.9. The molecule has 4 aliphatic rings. The van der Waals surface area contributed by atoms with E-state index in [-0.39, 0.29) is 0 Å². The molecule has 0 saturated carbocycles. The van der Waals surface area contributed by atoms with Gasteiger partial charge in [0.1, 0.15) is 0 Å². The third-order valence-corrected chi connectivity index (χ3v) is 14.1. The van der Waals surface area contributed by atoms with Crippen LogP contribution in [-0.4, -0.2) is 0 Å². The Morgan fingerprint density at radius 1 is 0.661 bits per heavy atom. The van der Waals surface area contributed by atoms with Crippen LogP contribution in [0, 0.1) is 5.92 Å². The summed E-state index contributed by atoms with van der Waals surface area (Å²) in [6.45, 7) is 28.3. The van der Waals surface area contributed by atoms with E-state index in [2.05, 4.69) is 187 Å². The van der Waals surface area contributed by atoms with Gasteiger partial charge in [-0.3, -0.25) is 0 Å². The lowest BCUT2D eigenvalue weighted by molar-refractivity contribution is 0.592. The number of aryl methyl sites for hydroxylation is 1. The van der Waals surface area contributed by atoms with Gasteiger partial charge in [-0.1, -0.05) is 192 Å². The molecular weight excluding hydrogens is 745 g/mol. The van der Waals surface area contributed by atoms with Crippen molar-refractivity contribution in [1.82, 2.24) is 0 Å². The predicted octanol–water partition coefficient (Wildman–Crippen LogP) is 15.5. The third kappa shape index (κ3) is 5.32. The zero-order chi connectivity index (χ0) is 43.0. The van der Waals surface area contributed by atoms with Crippen LogP contribution in [0.4, 0.5) is 0 Å². The smallest absolute Gasteiger partial charge is 0.0703 e.